The first-order valence-electron chi connectivity index (χ1n) is 2.76. The van der Waals surface area contributed by atoms with Crippen LogP contribution in [0.4, 0.5) is 0 Å². The van der Waals surface area contributed by atoms with Gasteiger partial charge < -0.3 is 4.74 Å². The fraction of sp³-hybridized carbons (Fsp3) is 0.200. The van der Waals surface area contributed by atoms with E-state index in [0.717, 1.165) is 0 Å². The zero-order valence-corrected chi connectivity index (χ0v) is 4.94. The van der Waals surface area contributed by atoms with Gasteiger partial charge in [0.2, 0.25) is 0 Å². The van der Waals surface area contributed by atoms with Crippen LogP contribution >= 0.6 is 0 Å². The third-order valence-electron chi connectivity index (χ3n) is 1.18. The Kier molecular flexibility index (Phi) is 0.913. The van der Waals surface area contributed by atoms with Crippen molar-refractivity contribution in [1.82, 2.24) is 0 Å². The Morgan fingerprint density at radius 2 is 2.50 bits per heavy atom. The number of carbonyl (C=O) groups excluding carboxylic acids is 1. The van der Waals surface area contributed by atoms with Crippen molar-refractivity contribution >= 4 is 11.9 Å². The van der Waals surface area contributed by atoms with Gasteiger partial charge in [0.25, 0.3) is 5.90 Å². The lowest BCUT2D eigenvalue weighted by Crippen LogP contribution is -2.16. The molecular formula is C5H3N3O2. The summed E-state index contributed by atoms with van der Waals surface area (Å²) in [5.41, 5.74) is 0.555. The quantitative estimate of drug-likeness (QED) is 0.459. The summed E-state index contributed by atoms with van der Waals surface area (Å²) in [6, 6.07) is 0. The summed E-state index contributed by atoms with van der Waals surface area (Å²) in [7, 11) is 0. The molecule has 0 amide bonds. The summed E-state index contributed by atoms with van der Waals surface area (Å²) in [5, 5.41) is 10.4. The molecule has 2 aliphatic rings. The lowest BCUT2D eigenvalue weighted by Gasteiger charge is -2.05. The molecule has 0 aliphatic carbocycles. The third kappa shape index (κ3) is 0.637. The minimum absolute atomic E-state index is 0.219. The fourth-order valence-corrected chi connectivity index (χ4v) is 0.735. The molecule has 0 aromatic rings. The van der Waals surface area contributed by atoms with Crippen molar-refractivity contribution < 1.29 is 9.53 Å². The predicted octanol–water partition coefficient (Wildman–Crippen LogP) is 0.597. The van der Waals surface area contributed by atoms with Crippen LogP contribution in [-0.4, -0.2) is 11.9 Å². The van der Waals surface area contributed by atoms with E-state index in [1.807, 2.05) is 0 Å². The Morgan fingerprint density at radius 1 is 1.60 bits per heavy atom. The minimum Gasteiger partial charge on any atom is -0.403 e. The van der Waals surface area contributed by atoms with Crippen LogP contribution in [0.15, 0.2) is 27.2 Å². The zero-order valence-electron chi connectivity index (χ0n) is 4.94. The average molecular weight is 137 g/mol. The predicted molar refractivity (Wildman–Crippen MR) is 31.1 cm³/mol. The van der Waals surface area contributed by atoms with E-state index in [9.17, 15) is 4.79 Å². The van der Waals surface area contributed by atoms with Gasteiger partial charge in [0.1, 0.15) is 5.70 Å². The Balaban J connectivity index is 2.39. The van der Waals surface area contributed by atoms with Crippen molar-refractivity contribution in [3.05, 3.63) is 11.8 Å². The van der Waals surface area contributed by atoms with Gasteiger partial charge in [-0.2, -0.15) is 0 Å². The SMILES string of the molecule is O=C1CC=C2N=NN=C2O1. The highest BCUT2D eigenvalue weighted by Crippen LogP contribution is 2.16. The first-order valence-corrected chi connectivity index (χ1v) is 2.76. The maximum Gasteiger partial charge on any atom is 0.316 e. The average Bonchev–Trinajstić information content (AvgIpc) is 2.33. The number of nitrogens with zero attached hydrogens (tertiary/aromatic N) is 3. The summed E-state index contributed by atoms with van der Waals surface area (Å²) < 4.78 is 4.67. The van der Waals surface area contributed by atoms with E-state index in [0.29, 0.717) is 5.70 Å². The van der Waals surface area contributed by atoms with Crippen LogP contribution in [0.3, 0.4) is 0 Å². The molecule has 5 nitrogen and oxygen atoms in total. The van der Waals surface area contributed by atoms with Crippen molar-refractivity contribution in [2.24, 2.45) is 15.4 Å². The van der Waals surface area contributed by atoms with Crippen molar-refractivity contribution in [2.45, 2.75) is 6.42 Å². The van der Waals surface area contributed by atoms with E-state index in [-0.39, 0.29) is 18.3 Å². The number of carbonyl (C=O) groups is 1. The number of fused-ring (bicyclic) bond motifs is 1. The van der Waals surface area contributed by atoms with Gasteiger partial charge in [-0.25, -0.2) is 0 Å². The molecule has 0 fully saturated rings. The van der Waals surface area contributed by atoms with Gasteiger partial charge in [0.05, 0.1) is 6.42 Å². The lowest BCUT2D eigenvalue weighted by atomic mass is 10.3. The summed E-state index contributed by atoms with van der Waals surface area (Å²) in [5.74, 6) is -0.0916. The fourth-order valence-electron chi connectivity index (χ4n) is 0.735. The zero-order chi connectivity index (χ0) is 6.97. The van der Waals surface area contributed by atoms with Crippen molar-refractivity contribution in [1.29, 1.82) is 0 Å². The summed E-state index contributed by atoms with van der Waals surface area (Å²) >= 11 is 0. The van der Waals surface area contributed by atoms with E-state index >= 15 is 0 Å². The molecule has 0 saturated carbocycles. The topological polar surface area (TPSA) is 63.4 Å². The van der Waals surface area contributed by atoms with E-state index in [1.165, 1.54) is 0 Å². The molecule has 2 rings (SSSR count). The molecule has 0 radical (unpaired) electrons. The number of ether oxygens (including phenoxy) is 1. The highest BCUT2D eigenvalue weighted by atomic mass is 16.5. The second-order valence-electron chi connectivity index (χ2n) is 1.86. The van der Waals surface area contributed by atoms with Crippen LogP contribution in [0.1, 0.15) is 6.42 Å². The van der Waals surface area contributed by atoms with Gasteiger partial charge >= 0.3 is 5.97 Å². The van der Waals surface area contributed by atoms with Crippen LogP contribution in [0.5, 0.6) is 0 Å². The molecular weight excluding hydrogens is 134 g/mol. The number of esters is 1. The maximum absolute atomic E-state index is 10.6. The first-order chi connectivity index (χ1) is 4.86. The molecule has 0 saturated heterocycles. The molecule has 10 heavy (non-hydrogen) atoms. The highest BCUT2D eigenvalue weighted by molar-refractivity contribution is 6.03. The van der Waals surface area contributed by atoms with Crippen LogP contribution in [0.2, 0.25) is 0 Å². The molecule has 5 heteroatoms. The van der Waals surface area contributed by atoms with Gasteiger partial charge in [-0.05, 0) is 11.3 Å². The molecule has 50 valence electrons. The monoisotopic (exact) mass is 137 g/mol. The maximum atomic E-state index is 10.6. The summed E-state index contributed by atoms with van der Waals surface area (Å²) in [6.45, 7) is 0. The van der Waals surface area contributed by atoms with Crippen LogP contribution in [-0.2, 0) is 9.53 Å². The first kappa shape index (κ1) is 5.28. The smallest absolute Gasteiger partial charge is 0.316 e. The normalized spacial score (nSPS) is 21.4. The highest BCUT2D eigenvalue weighted by Gasteiger charge is 2.21. The van der Waals surface area contributed by atoms with Crippen molar-refractivity contribution in [3.63, 3.8) is 0 Å². The van der Waals surface area contributed by atoms with Crippen LogP contribution < -0.4 is 0 Å². The van der Waals surface area contributed by atoms with Crippen LogP contribution in [0.25, 0.3) is 0 Å². The lowest BCUT2D eigenvalue weighted by molar-refractivity contribution is -0.134. The number of rotatable bonds is 0. The van der Waals surface area contributed by atoms with Gasteiger partial charge in [-0.15, -0.1) is 5.11 Å². The summed E-state index contributed by atoms with van der Waals surface area (Å²) in [6.07, 6.45) is 1.90. The Labute approximate surface area is 56.1 Å². The van der Waals surface area contributed by atoms with Crippen molar-refractivity contribution in [2.75, 3.05) is 0 Å². The molecule has 0 atom stereocenters. The number of hydrogen-bond donors (Lipinski definition) is 0. The number of hydrogen-bond acceptors (Lipinski definition) is 5. The molecule has 0 spiro atoms. The molecule has 0 bridgehead atoms. The van der Waals surface area contributed by atoms with Gasteiger partial charge in [0.15, 0.2) is 0 Å². The largest absolute Gasteiger partial charge is 0.403 e. The minimum atomic E-state index is -0.310. The van der Waals surface area contributed by atoms with Crippen molar-refractivity contribution in [3.8, 4) is 0 Å². The van der Waals surface area contributed by atoms with Crippen LogP contribution in [0, 0.1) is 0 Å². The molecule has 0 aromatic carbocycles. The van der Waals surface area contributed by atoms with Gasteiger partial charge in [-0.1, -0.05) is 5.10 Å². The molecule has 0 N–H and O–H groups in total. The Morgan fingerprint density at radius 3 is 3.40 bits per heavy atom. The second-order valence-corrected chi connectivity index (χ2v) is 1.86. The van der Waals surface area contributed by atoms with E-state index in [2.05, 4.69) is 20.2 Å². The molecule has 2 aliphatic heterocycles. The van der Waals surface area contributed by atoms with E-state index in [4.69, 9.17) is 0 Å². The Hall–Kier alpha value is -1.52. The molecule has 0 aromatic heterocycles. The Bertz CT molecular complexity index is 277. The summed E-state index contributed by atoms with van der Waals surface area (Å²) in [4.78, 5) is 10.6. The second kappa shape index (κ2) is 1.73. The third-order valence-corrected chi connectivity index (χ3v) is 1.18. The standard InChI is InChI=1S/C5H3N3O2/c9-4-2-1-3-5(10-4)7-8-6-3/h1H,2H2. The molecule has 2 heterocycles. The molecule has 0 unspecified atom stereocenters. The van der Waals surface area contributed by atoms with E-state index < -0.39 is 0 Å². The van der Waals surface area contributed by atoms with E-state index in [1.54, 1.807) is 6.08 Å². The van der Waals surface area contributed by atoms with Gasteiger partial charge in [-0.3, -0.25) is 4.79 Å². The van der Waals surface area contributed by atoms with Gasteiger partial charge in [0, 0.05) is 0 Å².